The number of halogens is 7. The SMILES string of the molecule is Cl.N#Cc1cc([N+](=O)[O-])cc(C(F)(F)F)c1.NCc1cc([N+](=O)[O-])cc(C(F)(F)F)c1. The summed E-state index contributed by atoms with van der Waals surface area (Å²) >= 11 is 0. The quantitative estimate of drug-likeness (QED) is 0.380. The molecule has 0 aliphatic rings. The average molecular weight is 473 g/mol. The second kappa shape index (κ2) is 10.5. The van der Waals surface area contributed by atoms with E-state index in [4.69, 9.17) is 11.0 Å². The molecule has 15 heteroatoms. The number of hydrogen-bond donors (Lipinski definition) is 1. The van der Waals surface area contributed by atoms with E-state index in [9.17, 15) is 46.6 Å². The number of alkyl halides is 6. The zero-order valence-corrected chi connectivity index (χ0v) is 15.7. The van der Waals surface area contributed by atoms with Gasteiger partial charge in [-0.2, -0.15) is 31.6 Å². The molecule has 0 unspecified atom stereocenters. The lowest BCUT2D eigenvalue weighted by atomic mass is 10.1. The van der Waals surface area contributed by atoms with Crippen LogP contribution >= 0.6 is 12.4 Å². The van der Waals surface area contributed by atoms with Gasteiger partial charge < -0.3 is 5.73 Å². The van der Waals surface area contributed by atoms with E-state index >= 15 is 0 Å². The van der Waals surface area contributed by atoms with E-state index in [0.717, 1.165) is 18.2 Å². The summed E-state index contributed by atoms with van der Waals surface area (Å²) < 4.78 is 73.5. The molecule has 2 aromatic carbocycles. The maximum absolute atomic E-state index is 12.3. The standard InChI is InChI=1S/C8H7F3N2O2.C8H3F3N2O2.ClH/c2*9-8(10,11)6-1-5(4-12)2-7(3-6)13(14)15;/h1-3H,4,12H2;1-3H;1H. The highest BCUT2D eigenvalue weighted by Gasteiger charge is 2.33. The van der Waals surface area contributed by atoms with Gasteiger partial charge in [-0.05, 0) is 17.7 Å². The van der Waals surface area contributed by atoms with Gasteiger partial charge in [0.05, 0.1) is 32.6 Å². The normalized spacial score (nSPS) is 10.8. The third-order valence-electron chi connectivity index (χ3n) is 3.34. The van der Waals surface area contributed by atoms with Crippen LogP contribution in [-0.4, -0.2) is 9.85 Å². The lowest BCUT2D eigenvalue weighted by Crippen LogP contribution is -2.08. The Morgan fingerprint density at radius 3 is 1.61 bits per heavy atom. The predicted molar refractivity (Wildman–Crippen MR) is 96.1 cm³/mol. The zero-order chi connectivity index (χ0) is 23.3. The minimum absolute atomic E-state index is 0. The van der Waals surface area contributed by atoms with Crippen molar-refractivity contribution in [1.82, 2.24) is 0 Å². The van der Waals surface area contributed by atoms with Gasteiger partial charge in [-0.3, -0.25) is 20.2 Å². The van der Waals surface area contributed by atoms with E-state index < -0.39 is 50.3 Å². The average Bonchev–Trinajstić information content (AvgIpc) is 2.66. The molecule has 0 aliphatic carbocycles. The highest BCUT2D eigenvalue weighted by molar-refractivity contribution is 5.85. The summed E-state index contributed by atoms with van der Waals surface area (Å²) in [5.74, 6) is 0. The first-order valence-corrected chi connectivity index (χ1v) is 7.51. The van der Waals surface area contributed by atoms with Crippen LogP contribution < -0.4 is 5.73 Å². The fraction of sp³-hybridized carbons (Fsp3) is 0.188. The summed E-state index contributed by atoms with van der Waals surface area (Å²) in [5, 5.41) is 29.0. The Labute approximate surface area is 175 Å². The lowest BCUT2D eigenvalue weighted by molar-refractivity contribution is -0.385. The van der Waals surface area contributed by atoms with E-state index in [2.05, 4.69) is 0 Å². The van der Waals surface area contributed by atoms with Crippen LogP contribution in [0.4, 0.5) is 37.7 Å². The van der Waals surface area contributed by atoms with Crippen molar-refractivity contribution in [3.8, 4) is 6.07 Å². The smallest absolute Gasteiger partial charge is 0.326 e. The second-order valence-electron chi connectivity index (χ2n) is 5.48. The van der Waals surface area contributed by atoms with Crippen molar-refractivity contribution in [1.29, 1.82) is 5.26 Å². The predicted octanol–water partition coefficient (Wildman–Crippen LogP) is 4.98. The number of non-ortho nitro benzene ring substituents is 2. The van der Waals surface area contributed by atoms with Crippen LogP contribution in [0.5, 0.6) is 0 Å². The molecule has 2 rings (SSSR count). The summed E-state index contributed by atoms with van der Waals surface area (Å²) in [4.78, 5) is 18.8. The molecule has 0 saturated carbocycles. The summed E-state index contributed by atoms with van der Waals surface area (Å²) in [7, 11) is 0. The molecule has 0 heterocycles. The molecule has 31 heavy (non-hydrogen) atoms. The number of nitro groups is 2. The van der Waals surface area contributed by atoms with E-state index in [1.54, 1.807) is 0 Å². The Morgan fingerprint density at radius 1 is 0.839 bits per heavy atom. The van der Waals surface area contributed by atoms with Gasteiger partial charge in [0.15, 0.2) is 0 Å². The van der Waals surface area contributed by atoms with E-state index in [-0.39, 0.29) is 24.5 Å². The fourth-order valence-electron chi connectivity index (χ4n) is 2.01. The van der Waals surface area contributed by atoms with Crippen molar-refractivity contribution >= 4 is 23.8 Å². The van der Waals surface area contributed by atoms with Crippen LogP contribution in [0.25, 0.3) is 0 Å². The van der Waals surface area contributed by atoms with Gasteiger partial charge in [0.2, 0.25) is 0 Å². The summed E-state index contributed by atoms with van der Waals surface area (Å²) in [6.45, 7) is -0.176. The largest absolute Gasteiger partial charge is 0.416 e. The van der Waals surface area contributed by atoms with Gasteiger partial charge in [-0.25, -0.2) is 0 Å². The minimum atomic E-state index is -4.70. The molecular weight excluding hydrogens is 462 g/mol. The topological polar surface area (TPSA) is 136 Å². The first kappa shape index (κ1) is 27.6. The molecule has 0 atom stereocenters. The zero-order valence-electron chi connectivity index (χ0n) is 14.9. The molecule has 8 nitrogen and oxygen atoms in total. The number of nitrogens with two attached hydrogens (primary N) is 1. The van der Waals surface area contributed by atoms with Crippen LogP contribution in [0.2, 0.25) is 0 Å². The summed E-state index contributed by atoms with van der Waals surface area (Å²) in [6.07, 6.45) is -9.30. The van der Waals surface area contributed by atoms with Gasteiger partial charge in [-0.15, -0.1) is 12.4 Å². The third kappa shape index (κ3) is 8.07. The van der Waals surface area contributed by atoms with Gasteiger partial charge in [0, 0.05) is 30.8 Å². The summed E-state index contributed by atoms with van der Waals surface area (Å²) in [5.41, 5.74) is 1.22. The van der Waals surface area contributed by atoms with Crippen LogP contribution in [0.3, 0.4) is 0 Å². The second-order valence-corrected chi connectivity index (χ2v) is 5.48. The van der Waals surface area contributed by atoms with Crippen LogP contribution in [0.15, 0.2) is 36.4 Å². The Morgan fingerprint density at radius 2 is 1.26 bits per heavy atom. The number of nitro benzene ring substituents is 2. The van der Waals surface area contributed by atoms with Gasteiger partial charge >= 0.3 is 12.4 Å². The number of hydrogen-bond acceptors (Lipinski definition) is 6. The lowest BCUT2D eigenvalue weighted by Gasteiger charge is -2.07. The number of benzene rings is 2. The number of nitrogens with zero attached hydrogens (tertiary/aromatic N) is 3. The Hall–Kier alpha value is -3.44. The number of nitriles is 1. The van der Waals surface area contributed by atoms with E-state index in [0.29, 0.717) is 18.2 Å². The van der Waals surface area contributed by atoms with Crippen molar-refractivity contribution in [2.75, 3.05) is 0 Å². The molecule has 2 aromatic rings. The molecule has 0 amide bonds. The molecule has 0 bridgehead atoms. The molecule has 2 N–H and O–H groups in total. The Bertz CT molecular complexity index is 1010. The van der Waals surface area contributed by atoms with Crippen LogP contribution in [0, 0.1) is 31.6 Å². The third-order valence-corrected chi connectivity index (χ3v) is 3.34. The van der Waals surface area contributed by atoms with Crippen molar-refractivity contribution in [3.63, 3.8) is 0 Å². The highest BCUT2D eigenvalue weighted by atomic mass is 35.5. The molecule has 0 radical (unpaired) electrons. The van der Waals surface area contributed by atoms with Gasteiger partial charge in [-0.1, -0.05) is 0 Å². The number of rotatable bonds is 3. The van der Waals surface area contributed by atoms with Gasteiger partial charge in [0.25, 0.3) is 11.4 Å². The Kier molecular flexibility index (Phi) is 9.38. The van der Waals surface area contributed by atoms with Crippen molar-refractivity contribution in [3.05, 3.63) is 78.9 Å². The van der Waals surface area contributed by atoms with E-state index in [1.165, 1.54) is 6.07 Å². The molecule has 0 spiro atoms. The van der Waals surface area contributed by atoms with Crippen LogP contribution in [0.1, 0.15) is 22.3 Å². The molecule has 0 saturated heterocycles. The van der Waals surface area contributed by atoms with Crippen molar-refractivity contribution in [2.24, 2.45) is 5.73 Å². The molecule has 168 valence electrons. The summed E-state index contributed by atoms with van der Waals surface area (Å²) in [6, 6.07) is 5.48. The molecule has 0 aromatic heterocycles. The first-order chi connectivity index (χ1) is 13.7. The van der Waals surface area contributed by atoms with Crippen molar-refractivity contribution < 1.29 is 36.2 Å². The Balaban J connectivity index is 0.000000562. The van der Waals surface area contributed by atoms with E-state index in [1.807, 2.05) is 0 Å². The van der Waals surface area contributed by atoms with Crippen molar-refractivity contribution in [2.45, 2.75) is 18.9 Å². The maximum Gasteiger partial charge on any atom is 0.416 e. The first-order valence-electron chi connectivity index (χ1n) is 7.51. The minimum Gasteiger partial charge on any atom is -0.326 e. The molecular formula is C16H11ClF6N4O4. The molecule has 0 fully saturated rings. The monoisotopic (exact) mass is 472 g/mol. The fourth-order valence-corrected chi connectivity index (χ4v) is 2.01. The maximum atomic E-state index is 12.3. The van der Waals surface area contributed by atoms with Gasteiger partial charge in [0.1, 0.15) is 0 Å². The van der Waals surface area contributed by atoms with Crippen LogP contribution in [-0.2, 0) is 18.9 Å². The highest BCUT2D eigenvalue weighted by Crippen LogP contribution is 2.33. The molecule has 0 aliphatic heterocycles.